The van der Waals surface area contributed by atoms with Gasteiger partial charge in [-0.05, 0) is 59.6 Å². The van der Waals surface area contributed by atoms with Gasteiger partial charge >= 0.3 is 0 Å². The van der Waals surface area contributed by atoms with Crippen LogP contribution in [-0.4, -0.2) is 16.5 Å². The van der Waals surface area contributed by atoms with E-state index >= 15 is 0 Å². The van der Waals surface area contributed by atoms with E-state index in [-0.39, 0.29) is 5.78 Å². The van der Waals surface area contributed by atoms with E-state index in [1.54, 1.807) is 12.1 Å². The molecular weight excluding hydrogens is 382 g/mol. The van der Waals surface area contributed by atoms with Gasteiger partial charge in [0.05, 0.1) is 0 Å². The van der Waals surface area contributed by atoms with Crippen molar-refractivity contribution >= 4 is 24.3 Å². The highest BCUT2D eigenvalue weighted by molar-refractivity contribution is 7.16. The molecular formula is C24H26O2P2. The number of rotatable bonds is 6. The van der Waals surface area contributed by atoms with Crippen LogP contribution >= 0.6 is 18.5 Å². The highest BCUT2D eigenvalue weighted by atomic mass is 31.0. The van der Waals surface area contributed by atoms with Crippen LogP contribution in [0, 0.1) is 0 Å². The second kappa shape index (κ2) is 8.66. The van der Waals surface area contributed by atoms with E-state index in [0.717, 1.165) is 23.5 Å². The van der Waals surface area contributed by atoms with Gasteiger partial charge in [0, 0.05) is 5.56 Å². The Morgan fingerprint density at radius 2 is 1.18 bits per heavy atom. The molecule has 0 bridgehead atoms. The predicted octanol–water partition coefficient (Wildman–Crippen LogP) is 5.72. The zero-order chi connectivity index (χ0) is 20.3. The smallest absolute Gasteiger partial charge is 0.193 e. The van der Waals surface area contributed by atoms with Gasteiger partial charge in [0.1, 0.15) is 5.60 Å². The second-order valence-electron chi connectivity index (χ2n) is 7.43. The molecule has 0 amide bonds. The fraction of sp³-hybridized carbons (Fsp3) is 0.208. The molecule has 3 aromatic rings. The number of benzene rings is 3. The lowest BCUT2D eigenvalue weighted by Gasteiger charge is -2.15. The van der Waals surface area contributed by atoms with Crippen molar-refractivity contribution in [3.8, 4) is 22.3 Å². The van der Waals surface area contributed by atoms with E-state index in [0.29, 0.717) is 5.56 Å². The van der Waals surface area contributed by atoms with Gasteiger partial charge in [0.15, 0.2) is 5.78 Å². The average Bonchev–Trinajstić information content (AvgIpc) is 2.72. The molecule has 0 spiro atoms. The van der Waals surface area contributed by atoms with Crippen LogP contribution in [0.25, 0.3) is 22.3 Å². The van der Waals surface area contributed by atoms with Crippen molar-refractivity contribution in [1.29, 1.82) is 0 Å². The SMILES string of the molecule is CC(C)(O)C(=O)c1ccc(-c2ccc(-c3ccc(CP)c(CP)c3)cc2)cc1. The Morgan fingerprint density at radius 1 is 0.750 bits per heavy atom. The van der Waals surface area contributed by atoms with Crippen molar-refractivity contribution in [3.63, 3.8) is 0 Å². The standard InChI is InChI=1S/C24H26O2P2/c1-24(2,26)23(25)19-9-7-17(8-10-19)16-3-5-18(6-4-16)20-11-12-21(14-27)22(13-20)15-28/h3-13,26H,14-15,27-28H2,1-2H3. The first kappa shape index (κ1) is 20.9. The van der Waals surface area contributed by atoms with E-state index < -0.39 is 5.60 Å². The summed E-state index contributed by atoms with van der Waals surface area (Å²) < 4.78 is 0. The second-order valence-corrected chi connectivity index (χ2v) is 8.25. The zero-order valence-electron chi connectivity index (χ0n) is 16.3. The molecule has 3 rings (SSSR count). The largest absolute Gasteiger partial charge is 0.382 e. The fourth-order valence-electron chi connectivity index (χ4n) is 3.22. The van der Waals surface area contributed by atoms with Crippen LogP contribution in [0.4, 0.5) is 0 Å². The molecule has 2 nitrogen and oxygen atoms in total. The van der Waals surface area contributed by atoms with Crippen LogP contribution in [-0.2, 0) is 12.3 Å². The number of carbonyl (C=O) groups is 1. The first-order chi connectivity index (χ1) is 13.3. The minimum atomic E-state index is -1.36. The Bertz CT molecular complexity index is 969. The Balaban J connectivity index is 1.84. The number of hydrogen-bond donors (Lipinski definition) is 1. The van der Waals surface area contributed by atoms with Crippen molar-refractivity contribution in [2.45, 2.75) is 31.8 Å². The zero-order valence-corrected chi connectivity index (χ0v) is 18.6. The summed E-state index contributed by atoms with van der Waals surface area (Å²) in [6.07, 6.45) is 1.92. The van der Waals surface area contributed by atoms with Crippen molar-refractivity contribution in [1.82, 2.24) is 0 Å². The van der Waals surface area contributed by atoms with Gasteiger partial charge < -0.3 is 5.11 Å². The summed E-state index contributed by atoms with van der Waals surface area (Å²) in [4.78, 5) is 12.2. The quantitative estimate of drug-likeness (QED) is 0.418. The molecule has 2 unspecified atom stereocenters. The summed E-state index contributed by atoms with van der Waals surface area (Å²) in [6, 6.07) is 22.5. The number of aliphatic hydroxyl groups is 1. The van der Waals surface area contributed by atoms with Crippen molar-refractivity contribution < 1.29 is 9.90 Å². The van der Waals surface area contributed by atoms with Crippen LogP contribution in [0.1, 0.15) is 35.3 Å². The normalized spacial score (nSPS) is 11.5. The lowest BCUT2D eigenvalue weighted by molar-refractivity contribution is 0.0488. The van der Waals surface area contributed by atoms with Gasteiger partial charge in [-0.1, -0.05) is 66.7 Å². The van der Waals surface area contributed by atoms with E-state index in [4.69, 9.17) is 0 Å². The summed E-state index contributed by atoms with van der Waals surface area (Å²) in [6.45, 7) is 3.02. The van der Waals surface area contributed by atoms with Gasteiger partial charge in [-0.3, -0.25) is 4.79 Å². The minimum Gasteiger partial charge on any atom is -0.382 e. The van der Waals surface area contributed by atoms with Gasteiger partial charge in [-0.2, -0.15) is 0 Å². The van der Waals surface area contributed by atoms with E-state index in [1.165, 1.54) is 36.1 Å². The van der Waals surface area contributed by atoms with Gasteiger partial charge in [-0.15, -0.1) is 18.5 Å². The molecule has 0 aliphatic rings. The van der Waals surface area contributed by atoms with E-state index in [1.807, 2.05) is 12.1 Å². The lowest BCUT2D eigenvalue weighted by Crippen LogP contribution is -2.30. The van der Waals surface area contributed by atoms with Crippen LogP contribution in [0.2, 0.25) is 0 Å². The highest BCUT2D eigenvalue weighted by Gasteiger charge is 2.24. The molecule has 0 radical (unpaired) electrons. The molecule has 0 aliphatic carbocycles. The topological polar surface area (TPSA) is 37.3 Å². The Morgan fingerprint density at radius 3 is 1.64 bits per heavy atom. The summed E-state index contributed by atoms with van der Waals surface area (Å²) in [7, 11) is 5.60. The number of carbonyl (C=O) groups excluding carboxylic acids is 1. The molecule has 0 aromatic heterocycles. The van der Waals surface area contributed by atoms with Gasteiger partial charge in [-0.25, -0.2) is 0 Å². The molecule has 28 heavy (non-hydrogen) atoms. The number of Topliss-reactive ketones (excluding diaryl/α,β-unsaturated/α-hetero) is 1. The molecule has 4 heteroatoms. The van der Waals surface area contributed by atoms with Crippen LogP contribution in [0.3, 0.4) is 0 Å². The summed E-state index contributed by atoms with van der Waals surface area (Å²) in [5, 5.41) is 9.88. The van der Waals surface area contributed by atoms with Crippen molar-refractivity contribution in [2.75, 3.05) is 0 Å². The van der Waals surface area contributed by atoms with E-state index in [2.05, 4.69) is 60.9 Å². The van der Waals surface area contributed by atoms with Gasteiger partial charge in [0.2, 0.25) is 0 Å². The monoisotopic (exact) mass is 408 g/mol. The average molecular weight is 408 g/mol. The molecule has 2 atom stereocenters. The van der Waals surface area contributed by atoms with Crippen molar-refractivity contribution in [3.05, 3.63) is 83.4 Å². The van der Waals surface area contributed by atoms with Gasteiger partial charge in [0.25, 0.3) is 0 Å². The summed E-state index contributed by atoms with van der Waals surface area (Å²) >= 11 is 0. The molecule has 0 heterocycles. The maximum atomic E-state index is 12.2. The third-order valence-electron chi connectivity index (χ3n) is 4.90. The molecule has 0 saturated carbocycles. The molecule has 1 N–H and O–H groups in total. The molecule has 0 saturated heterocycles. The van der Waals surface area contributed by atoms with Crippen LogP contribution in [0.5, 0.6) is 0 Å². The highest BCUT2D eigenvalue weighted by Crippen LogP contribution is 2.28. The fourth-order valence-corrected chi connectivity index (χ4v) is 4.00. The Hall–Kier alpha value is -1.85. The lowest BCUT2D eigenvalue weighted by atomic mass is 9.94. The van der Waals surface area contributed by atoms with Crippen LogP contribution < -0.4 is 0 Å². The van der Waals surface area contributed by atoms with Crippen LogP contribution in [0.15, 0.2) is 66.7 Å². The summed E-state index contributed by atoms with van der Waals surface area (Å²) in [5.41, 5.74) is 6.43. The third-order valence-corrected chi connectivity index (χ3v) is 5.78. The maximum absolute atomic E-state index is 12.2. The first-order valence-electron chi connectivity index (χ1n) is 9.33. The molecule has 3 aromatic carbocycles. The maximum Gasteiger partial charge on any atom is 0.193 e. The van der Waals surface area contributed by atoms with Crippen molar-refractivity contribution in [2.24, 2.45) is 0 Å². The first-order valence-corrected chi connectivity index (χ1v) is 11.0. The number of hydrogen-bond acceptors (Lipinski definition) is 2. The van der Waals surface area contributed by atoms with E-state index in [9.17, 15) is 9.90 Å². The third kappa shape index (κ3) is 4.58. The summed E-state index contributed by atoms with van der Waals surface area (Å²) in [5.74, 6) is -0.270. The predicted molar refractivity (Wildman–Crippen MR) is 125 cm³/mol. The number of ketones is 1. The molecule has 0 fully saturated rings. The molecule has 144 valence electrons. The minimum absolute atomic E-state index is 0.270. The molecule has 0 aliphatic heterocycles. The Labute approximate surface area is 171 Å². The Kier molecular flexibility index (Phi) is 6.46.